The Hall–Kier alpha value is -1.63. The standard InChI is InChI=1S/C13H10O/c14-9-5-7-12-10-3-1-2-4-11(10)13(12)8-6-9/h1-4,7-8H,5-6H2. The van der Waals surface area contributed by atoms with Gasteiger partial charge in [-0.2, -0.15) is 0 Å². The summed E-state index contributed by atoms with van der Waals surface area (Å²) in [5.74, 6) is 0.310. The van der Waals surface area contributed by atoms with Crippen LogP contribution in [0.3, 0.4) is 0 Å². The summed E-state index contributed by atoms with van der Waals surface area (Å²) in [7, 11) is 0. The topological polar surface area (TPSA) is 17.1 Å². The molecule has 0 unspecified atom stereocenters. The lowest BCUT2D eigenvalue weighted by molar-refractivity contribution is -0.117. The minimum absolute atomic E-state index is 0.310. The summed E-state index contributed by atoms with van der Waals surface area (Å²) >= 11 is 0. The van der Waals surface area contributed by atoms with Crippen molar-refractivity contribution in [3.63, 3.8) is 0 Å². The number of carbonyl (C=O) groups is 1. The van der Waals surface area contributed by atoms with Crippen LogP contribution in [-0.4, -0.2) is 5.78 Å². The Bertz CT molecular complexity index is 435. The number of hydrogen-bond acceptors (Lipinski definition) is 1. The molecule has 0 N–H and O–H groups in total. The predicted octanol–water partition coefficient (Wildman–Crippen LogP) is 2.83. The van der Waals surface area contributed by atoms with Gasteiger partial charge in [-0.25, -0.2) is 0 Å². The molecule has 0 amide bonds. The predicted molar refractivity (Wildman–Crippen MR) is 56.6 cm³/mol. The van der Waals surface area contributed by atoms with E-state index in [0.29, 0.717) is 18.6 Å². The molecule has 0 aromatic heterocycles. The van der Waals surface area contributed by atoms with Crippen LogP contribution in [0, 0.1) is 0 Å². The fourth-order valence-electron chi connectivity index (χ4n) is 2.14. The number of benzene rings is 1. The number of hydrogen-bond donors (Lipinski definition) is 0. The second kappa shape index (κ2) is 2.68. The maximum Gasteiger partial charge on any atom is 0.140 e. The molecule has 0 fully saturated rings. The smallest absolute Gasteiger partial charge is 0.140 e. The number of carbonyl (C=O) groups excluding carboxylic acids is 1. The van der Waals surface area contributed by atoms with E-state index in [4.69, 9.17) is 0 Å². The van der Waals surface area contributed by atoms with Crippen molar-refractivity contribution in [2.45, 2.75) is 12.8 Å². The molecule has 1 aromatic carbocycles. The van der Waals surface area contributed by atoms with E-state index in [1.54, 1.807) is 0 Å². The molecule has 0 spiro atoms. The molecule has 1 aromatic rings. The zero-order valence-electron chi connectivity index (χ0n) is 7.79. The number of rotatable bonds is 0. The highest BCUT2D eigenvalue weighted by molar-refractivity contribution is 6.18. The molecular formula is C13H10O. The van der Waals surface area contributed by atoms with Crippen molar-refractivity contribution in [3.05, 3.63) is 47.5 Å². The summed E-state index contributed by atoms with van der Waals surface area (Å²) in [4.78, 5) is 11.3. The molecule has 0 aliphatic heterocycles. The van der Waals surface area contributed by atoms with Crippen LogP contribution < -0.4 is 0 Å². The second-order valence-electron chi connectivity index (χ2n) is 3.73. The Balaban J connectivity index is 2.18. The lowest BCUT2D eigenvalue weighted by atomic mass is 9.78. The van der Waals surface area contributed by atoms with Crippen molar-refractivity contribution in [2.24, 2.45) is 0 Å². The van der Waals surface area contributed by atoms with Crippen LogP contribution in [-0.2, 0) is 4.79 Å². The largest absolute Gasteiger partial charge is 0.299 e. The third-order valence-electron chi connectivity index (χ3n) is 2.87. The molecule has 0 saturated heterocycles. The Kier molecular flexibility index (Phi) is 1.48. The molecule has 14 heavy (non-hydrogen) atoms. The molecular weight excluding hydrogens is 172 g/mol. The van der Waals surface area contributed by atoms with Crippen molar-refractivity contribution in [3.8, 4) is 0 Å². The van der Waals surface area contributed by atoms with Gasteiger partial charge in [-0.1, -0.05) is 36.4 Å². The third kappa shape index (κ3) is 0.925. The van der Waals surface area contributed by atoms with Crippen LogP contribution in [0.1, 0.15) is 24.0 Å². The van der Waals surface area contributed by atoms with Gasteiger partial charge in [0.05, 0.1) is 0 Å². The average Bonchev–Trinajstić information content (AvgIpc) is 2.34. The number of Topliss-reactive ketones (excluding diaryl/α,β-unsaturated/α-hetero) is 1. The number of fused-ring (bicyclic) bond motifs is 4. The van der Waals surface area contributed by atoms with E-state index < -0.39 is 0 Å². The van der Waals surface area contributed by atoms with E-state index in [1.807, 2.05) is 12.1 Å². The molecule has 2 aliphatic rings. The zero-order chi connectivity index (χ0) is 9.54. The van der Waals surface area contributed by atoms with E-state index in [0.717, 1.165) is 0 Å². The van der Waals surface area contributed by atoms with E-state index in [9.17, 15) is 4.79 Å². The summed E-state index contributed by atoms with van der Waals surface area (Å²) < 4.78 is 0. The van der Waals surface area contributed by atoms with Crippen LogP contribution in [0.25, 0.3) is 11.1 Å². The lowest BCUT2D eigenvalue weighted by Crippen LogP contribution is -2.04. The first kappa shape index (κ1) is 7.74. The van der Waals surface area contributed by atoms with Crippen molar-refractivity contribution in [1.29, 1.82) is 0 Å². The highest BCUT2D eigenvalue weighted by Gasteiger charge is 2.26. The molecule has 0 saturated carbocycles. The summed E-state index contributed by atoms with van der Waals surface area (Å²) in [6.07, 6.45) is 5.29. The SMILES string of the molecule is O=C1CC=C2C(=CC1)c1ccccc12. The minimum Gasteiger partial charge on any atom is -0.299 e. The van der Waals surface area contributed by atoms with E-state index in [-0.39, 0.29) is 0 Å². The fourth-order valence-corrected chi connectivity index (χ4v) is 2.14. The molecule has 2 aliphatic carbocycles. The quantitative estimate of drug-likeness (QED) is 0.603. The first-order chi connectivity index (χ1) is 6.86. The summed E-state index contributed by atoms with van der Waals surface area (Å²) in [5, 5.41) is 0. The normalized spacial score (nSPS) is 18.4. The van der Waals surface area contributed by atoms with Gasteiger partial charge in [-0.3, -0.25) is 4.79 Å². The van der Waals surface area contributed by atoms with Gasteiger partial charge in [0, 0.05) is 12.8 Å². The van der Waals surface area contributed by atoms with Crippen LogP contribution >= 0.6 is 0 Å². The van der Waals surface area contributed by atoms with Gasteiger partial charge in [-0.15, -0.1) is 0 Å². The van der Waals surface area contributed by atoms with Crippen LogP contribution in [0.5, 0.6) is 0 Å². The molecule has 0 bridgehead atoms. The molecule has 0 atom stereocenters. The molecule has 1 nitrogen and oxygen atoms in total. The molecule has 68 valence electrons. The maximum absolute atomic E-state index is 11.3. The molecule has 1 heteroatoms. The van der Waals surface area contributed by atoms with E-state index in [1.165, 1.54) is 22.3 Å². The van der Waals surface area contributed by atoms with Gasteiger partial charge in [0.2, 0.25) is 0 Å². The van der Waals surface area contributed by atoms with E-state index >= 15 is 0 Å². The highest BCUT2D eigenvalue weighted by atomic mass is 16.1. The Morgan fingerprint density at radius 1 is 0.857 bits per heavy atom. The zero-order valence-corrected chi connectivity index (χ0v) is 7.79. The minimum atomic E-state index is 0.310. The average molecular weight is 182 g/mol. The Morgan fingerprint density at radius 2 is 1.36 bits per heavy atom. The van der Waals surface area contributed by atoms with Gasteiger partial charge in [0.25, 0.3) is 0 Å². The summed E-state index contributed by atoms with van der Waals surface area (Å²) in [6, 6.07) is 8.33. The fraction of sp³-hybridized carbons (Fsp3) is 0.154. The number of ketones is 1. The van der Waals surface area contributed by atoms with E-state index in [2.05, 4.69) is 24.3 Å². The molecule has 3 rings (SSSR count). The Labute approximate surface area is 82.8 Å². The summed E-state index contributed by atoms with van der Waals surface area (Å²) in [5.41, 5.74) is 5.14. The molecule has 0 heterocycles. The first-order valence-corrected chi connectivity index (χ1v) is 4.88. The highest BCUT2D eigenvalue weighted by Crippen LogP contribution is 2.46. The molecule has 0 radical (unpaired) electrons. The van der Waals surface area contributed by atoms with Gasteiger partial charge in [-0.05, 0) is 22.3 Å². The van der Waals surface area contributed by atoms with Gasteiger partial charge in [0.15, 0.2) is 0 Å². The monoisotopic (exact) mass is 182 g/mol. The second-order valence-corrected chi connectivity index (χ2v) is 3.73. The van der Waals surface area contributed by atoms with Crippen LogP contribution in [0.15, 0.2) is 36.4 Å². The van der Waals surface area contributed by atoms with Crippen molar-refractivity contribution < 1.29 is 4.79 Å². The summed E-state index contributed by atoms with van der Waals surface area (Å²) in [6.45, 7) is 0. The first-order valence-electron chi connectivity index (χ1n) is 4.88. The van der Waals surface area contributed by atoms with Gasteiger partial charge < -0.3 is 0 Å². The maximum atomic E-state index is 11.3. The van der Waals surface area contributed by atoms with Crippen LogP contribution in [0.4, 0.5) is 0 Å². The van der Waals surface area contributed by atoms with Gasteiger partial charge >= 0.3 is 0 Å². The van der Waals surface area contributed by atoms with Crippen molar-refractivity contribution in [2.75, 3.05) is 0 Å². The van der Waals surface area contributed by atoms with Crippen LogP contribution in [0.2, 0.25) is 0 Å². The number of allylic oxidation sites excluding steroid dienone is 4. The lowest BCUT2D eigenvalue weighted by Gasteiger charge is -2.26. The third-order valence-corrected chi connectivity index (χ3v) is 2.87. The Morgan fingerprint density at radius 3 is 1.86 bits per heavy atom. The van der Waals surface area contributed by atoms with Gasteiger partial charge in [0.1, 0.15) is 5.78 Å². The van der Waals surface area contributed by atoms with Crippen molar-refractivity contribution in [1.82, 2.24) is 0 Å². The van der Waals surface area contributed by atoms with Crippen molar-refractivity contribution >= 4 is 16.9 Å².